The highest BCUT2D eigenvalue weighted by Crippen LogP contribution is 2.31. The first-order valence-electron chi connectivity index (χ1n) is 8.58. The summed E-state index contributed by atoms with van der Waals surface area (Å²) < 4.78 is 0. The molecule has 0 bridgehead atoms. The van der Waals surface area contributed by atoms with Gasteiger partial charge in [-0.1, -0.05) is 13.8 Å². The Kier molecular flexibility index (Phi) is 4.44. The topological polar surface area (TPSA) is 56.3 Å². The summed E-state index contributed by atoms with van der Waals surface area (Å²) in [5, 5.41) is 10.5. The number of carboxylic acid groups (broad SMARTS) is 1. The van der Waals surface area contributed by atoms with Gasteiger partial charge >= 0.3 is 5.97 Å². The predicted octanol–water partition coefficient (Wildman–Crippen LogP) is 3.94. The van der Waals surface area contributed by atoms with Gasteiger partial charge in [-0.2, -0.15) is 0 Å². The number of fused-ring (bicyclic) bond motifs is 1. The summed E-state index contributed by atoms with van der Waals surface area (Å²) in [6.45, 7) is 9.77. The first kappa shape index (κ1) is 16.1. The van der Waals surface area contributed by atoms with E-state index in [-0.39, 0.29) is 0 Å². The average Bonchev–Trinajstić information content (AvgIpc) is 3.10. The molecule has 3 rings (SSSR count). The number of carbonyl (C=O) groups is 1. The molecule has 124 valence electrons. The van der Waals surface area contributed by atoms with Gasteiger partial charge in [-0.05, 0) is 68.5 Å². The van der Waals surface area contributed by atoms with E-state index >= 15 is 0 Å². The van der Waals surface area contributed by atoms with Crippen molar-refractivity contribution in [3.05, 3.63) is 34.5 Å². The van der Waals surface area contributed by atoms with Crippen LogP contribution in [0.4, 0.5) is 0 Å². The molecule has 0 radical (unpaired) electrons. The Bertz CT molecular complexity index is 725. The molecule has 1 aliphatic heterocycles. The zero-order valence-corrected chi connectivity index (χ0v) is 14.3. The average molecular weight is 314 g/mol. The van der Waals surface area contributed by atoms with Crippen molar-refractivity contribution in [3.8, 4) is 0 Å². The second-order valence-corrected chi connectivity index (χ2v) is 6.98. The number of nitrogens with one attached hydrogen (secondary N) is 1. The first-order chi connectivity index (χ1) is 11.0. The Labute approximate surface area is 137 Å². The molecule has 0 unspecified atom stereocenters. The third-order valence-electron chi connectivity index (χ3n) is 5.00. The highest BCUT2D eigenvalue weighted by Gasteiger charge is 2.18. The van der Waals surface area contributed by atoms with E-state index in [1.54, 1.807) is 0 Å². The molecule has 0 saturated carbocycles. The number of likely N-dealkylation sites (tertiary alicyclic amines) is 1. The van der Waals surface area contributed by atoms with Crippen molar-refractivity contribution in [2.45, 2.75) is 46.0 Å². The minimum Gasteiger partial charge on any atom is -0.478 e. The minimum absolute atomic E-state index is 0.293. The maximum absolute atomic E-state index is 11.5. The van der Waals surface area contributed by atoms with Crippen molar-refractivity contribution in [3.63, 3.8) is 0 Å². The predicted molar refractivity (Wildman–Crippen MR) is 93.5 cm³/mol. The molecule has 1 saturated heterocycles. The van der Waals surface area contributed by atoms with Crippen molar-refractivity contribution < 1.29 is 9.90 Å². The van der Waals surface area contributed by atoms with Crippen molar-refractivity contribution in [1.29, 1.82) is 0 Å². The molecule has 4 nitrogen and oxygen atoms in total. The molecule has 0 atom stereocenters. The second kappa shape index (κ2) is 6.36. The van der Waals surface area contributed by atoms with Crippen molar-refractivity contribution in [1.82, 2.24) is 9.88 Å². The lowest BCUT2D eigenvalue weighted by atomic mass is 9.95. The van der Waals surface area contributed by atoms with Crippen molar-refractivity contribution in [2.24, 2.45) is 0 Å². The van der Waals surface area contributed by atoms with E-state index in [1.165, 1.54) is 37.2 Å². The van der Waals surface area contributed by atoms with E-state index in [2.05, 4.69) is 30.7 Å². The van der Waals surface area contributed by atoms with E-state index in [0.29, 0.717) is 11.5 Å². The third-order valence-corrected chi connectivity index (χ3v) is 5.00. The Hall–Kier alpha value is -1.81. The fourth-order valence-electron chi connectivity index (χ4n) is 3.68. The first-order valence-corrected chi connectivity index (χ1v) is 8.58. The maximum atomic E-state index is 11.5. The molecule has 4 heteroatoms. The molecule has 1 aliphatic rings. The van der Waals surface area contributed by atoms with Crippen LogP contribution >= 0.6 is 0 Å². The number of aromatic carboxylic acids is 1. The number of H-pyrrole nitrogens is 1. The lowest BCUT2D eigenvalue weighted by Gasteiger charge is -2.14. The third kappa shape index (κ3) is 3.13. The zero-order valence-electron chi connectivity index (χ0n) is 14.3. The number of hydrogen-bond acceptors (Lipinski definition) is 2. The number of aromatic nitrogens is 1. The standard InChI is InChI=1S/C19H26N2O2/c1-12(2)16-10-14(19(22)23)11-17-15(13(3)20-18(16)17)6-9-21-7-4-5-8-21/h10-12,20H,4-9H2,1-3H3,(H,22,23). The summed E-state index contributed by atoms with van der Waals surface area (Å²) >= 11 is 0. The molecule has 1 fully saturated rings. The fourth-order valence-corrected chi connectivity index (χ4v) is 3.68. The smallest absolute Gasteiger partial charge is 0.335 e. The summed E-state index contributed by atoms with van der Waals surface area (Å²) in [7, 11) is 0. The molecule has 2 aromatic rings. The van der Waals surface area contributed by atoms with Gasteiger partial charge in [-0.3, -0.25) is 0 Å². The number of carboxylic acids is 1. The molecule has 0 spiro atoms. The SMILES string of the molecule is Cc1[nH]c2c(C(C)C)cc(C(=O)O)cc2c1CCN1CCCC1. The molecular weight excluding hydrogens is 288 g/mol. The van der Waals surface area contributed by atoms with Crippen LogP contribution in [0.15, 0.2) is 12.1 Å². The van der Waals surface area contributed by atoms with Gasteiger partial charge in [0.15, 0.2) is 0 Å². The minimum atomic E-state index is -0.849. The van der Waals surface area contributed by atoms with E-state index in [1.807, 2.05) is 12.1 Å². The number of nitrogens with zero attached hydrogens (tertiary/aromatic N) is 1. The van der Waals surface area contributed by atoms with Crippen LogP contribution in [0, 0.1) is 6.92 Å². The largest absolute Gasteiger partial charge is 0.478 e. The molecule has 1 aromatic heterocycles. The zero-order chi connectivity index (χ0) is 16.6. The highest BCUT2D eigenvalue weighted by molar-refractivity contribution is 5.97. The summed E-state index contributed by atoms with van der Waals surface area (Å²) in [5.74, 6) is -0.556. The van der Waals surface area contributed by atoms with Gasteiger partial charge in [0.05, 0.1) is 5.56 Å². The molecule has 0 aliphatic carbocycles. The molecule has 1 aromatic carbocycles. The van der Waals surface area contributed by atoms with Crippen LogP contribution < -0.4 is 0 Å². The van der Waals surface area contributed by atoms with Gasteiger partial charge in [-0.25, -0.2) is 4.79 Å². The molecule has 2 heterocycles. The van der Waals surface area contributed by atoms with Crippen molar-refractivity contribution >= 4 is 16.9 Å². The number of hydrogen-bond donors (Lipinski definition) is 2. The van der Waals surface area contributed by atoms with Gasteiger partial charge in [0.1, 0.15) is 0 Å². The summed E-state index contributed by atoms with van der Waals surface area (Å²) in [4.78, 5) is 17.5. The van der Waals surface area contributed by atoms with Gasteiger partial charge in [0, 0.05) is 23.1 Å². The highest BCUT2D eigenvalue weighted by atomic mass is 16.4. The van der Waals surface area contributed by atoms with E-state index < -0.39 is 5.97 Å². The summed E-state index contributed by atoms with van der Waals surface area (Å²) in [6.07, 6.45) is 3.58. The lowest BCUT2D eigenvalue weighted by molar-refractivity contribution is 0.0697. The lowest BCUT2D eigenvalue weighted by Crippen LogP contribution is -2.22. The number of aromatic amines is 1. The van der Waals surface area contributed by atoms with Crippen LogP contribution in [-0.4, -0.2) is 40.6 Å². The van der Waals surface area contributed by atoms with E-state index in [4.69, 9.17) is 0 Å². The summed E-state index contributed by atoms with van der Waals surface area (Å²) in [5.41, 5.74) is 5.04. The Balaban J connectivity index is 2.02. The van der Waals surface area contributed by atoms with Gasteiger partial charge in [0.25, 0.3) is 0 Å². The van der Waals surface area contributed by atoms with Gasteiger partial charge in [0.2, 0.25) is 0 Å². The van der Waals surface area contributed by atoms with Crippen LogP contribution in [0.2, 0.25) is 0 Å². The number of rotatable bonds is 5. The van der Waals surface area contributed by atoms with Crippen LogP contribution in [0.3, 0.4) is 0 Å². The molecule has 0 amide bonds. The van der Waals surface area contributed by atoms with Crippen LogP contribution in [0.25, 0.3) is 10.9 Å². The molecule has 2 N–H and O–H groups in total. The second-order valence-electron chi connectivity index (χ2n) is 6.98. The van der Waals surface area contributed by atoms with E-state index in [9.17, 15) is 9.90 Å². The van der Waals surface area contributed by atoms with Crippen LogP contribution in [-0.2, 0) is 6.42 Å². The van der Waals surface area contributed by atoms with Crippen molar-refractivity contribution in [2.75, 3.05) is 19.6 Å². The van der Waals surface area contributed by atoms with Gasteiger partial charge < -0.3 is 15.0 Å². The van der Waals surface area contributed by atoms with E-state index in [0.717, 1.165) is 29.4 Å². The monoisotopic (exact) mass is 314 g/mol. The number of aryl methyl sites for hydroxylation is 1. The Morgan fingerprint density at radius 1 is 1.30 bits per heavy atom. The molecular formula is C19H26N2O2. The number of benzene rings is 1. The summed E-state index contributed by atoms with van der Waals surface area (Å²) in [6, 6.07) is 3.65. The Morgan fingerprint density at radius 2 is 2.00 bits per heavy atom. The maximum Gasteiger partial charge on any atom is 0.335 e. The quantitative estimate of drug-likeness (QED) is 0.879. The molecule has 23 heavy (non-hydrogen) atoms. The fraction of sp³-hybridized carbons (Fsp3) is 0.526. The van der Waals surface area contributed by atoms with Crippen LogP contribution in [0.5, 0.6) is 0 Å². The van der Waals surface area contributed by atoms with Crippen LogP contribution in [0.1, 0.15) is 59.8 Å². The normalized spacial score (nSPS) is 15.8. The Morgan fingerprint density at radius 3 is 2.61 bits per heavy atom. The van der Waals surface area contributed by atoms with Gasteiger partial charge in [-0.15, -0.1) is 0 Å².